The quantitative estimate of drug-likeness (QED) is 0.162. The zero-order valence-corrected chi connectivity index (χ0v) is 21.9. The van der Waals surface area contributed by atoms with Gasteiger partial charge in [-0.15, -0.1) is 6.42 Å². The van der Waals surface area contributed by atoms with E-state index in [1.807, 2.05) is 12.1 Å². The lowest BCUT2D eigenvalue weighted by atomic mass is 9.78. The summed E-state index contributed by atoms with van der Waals surface area (Å²) in [4.78, 5) is 0. The monoisotopic (exact) mass is 518 g/mol. The van der Waals surface area contributed by atoms with Crippen LogP contribution in [-0.4, -0.2) is 13.2 Å². The van der Waals surface area contributed by atoms with E-state index in [0.717, 1.165) is 55.7 Å². The first-order valence-electron chi connectivity index (χ1n) is 13.3. The van der Waals surface area contributed by atoms with Crippen LogP contribution in [-0.2, 0) is 0 Å². The predicted molar refractivity (Wildman–Crippen MR) is 163 cm³/mol. The number of rotatable bonds is 6. The first-order valence-corrected chi connectivity index (χ1v) is 13.3. The number of ether oxygens (including phenoxy) is 3. The number of fused-ring (bicyclic) bond motifs is 7. The van der Waals surface area contributed by atoms with Crippen molar-refractivity contribution in [3.8, 4) is 35.3 Å². The third-order valence-corrected chi connectivity index (χ3v) is 7.58. The molecule has 6 aromatic rings. The minimum atomic E-state index is -0.0895. The summed E-state index contributed by atoms with van der Waals surface area (Å²) in [5, 5.41) is 6.81. The van der Waals surface area contributed by atoms with Crippen LogP contribution in [0.5, 0.6) is 23.0 Å². The molecule has 0 radical (unpaired) electrons. The molecular formula is C37H26O3. The van der Waals surface area contributed by atoms with Gasteiger partial charge in [-0.2, -0.15) is 0 Å². The molecule has 0 aromatic heterocycles. The van der Waals surface area contributed by atoms with Crippen molar-refractivity contribution in [2.45, 2.75) is 5.92 Å². The van der Waals surface area contributed by atoms with Crippen molar-refractivity contribution >= 4 is 32.3 Å². The zero-order valence-electron chi connectivity index (χ0n) is 21.9. The molecule has 0 fully saturated rings. The lowest BCUT2D eigenvalue weighted by Crippen LogP contribution is -2.13. The second-order valence-corrected chi connectivity index (χ2v) is 9.95. The van der Waals surface area contributed by atoms with E-state index >= 15 is 0 Å². The smallest absolute Gasteiger partial charge is 0.148 e. The highest BCUT2D eigenvalue weighted by molar-refractivity contribution is 5.96. The van der Waals surface area contributed by atoms with E-state index in [-0.39, 0.29) is 12.5 Å². The molecule has 0 bridgehead atoms. The van der Waals surface area contributed by atoms with Crippen molar-refractivity contribution in [1.29, 1.82) is 0 Å². The van der Waals surface area contributed by atoms with Gasteiger partial charge in [-0.3, -0.25) is 0 Å². The summed E-state index contributed by atoms with van der Waals surface area (Å²) in [6.07, 6.45) is 7.24. The third-order valence-electron chi connectivity index (χ3n) is 7.58. The van der Waals surface area contributed by atoms with Crippen LogP contribution in [0.25, 0.3) is 32.3 Å². The van der Waals surface area contributed by atoms with Gasteiger partial charge >= 0.3 is 0 Å². The summed E-state index contributed by atoms with van der Waals surface area (Å²) < 4.78 is 18.4. The number of benzene rings is 6. The highest BCUT2D eigenvalue weighted by atomic mass is 16.5. The summed E-state index contributed by atoms with van der Waals surface area (Å²) in [5.74, 6) is 5.69. The Kier molecular flexibility index (Phi) is 5.87. The van der Waals surface area contributed by atoms with Crippen LogP contribution in [0.3, 0.4) is 0 Å². The Morgan fingerprint density at radius 1 is 0.700 bits per heavy atom. The Morgan fingerprint density at radius 2 is 1.30 bits per heavy atom. The zero-order chi connectivity index (χ0) is 27.1. The van der Waals surface area contributed by atoms with Crippen molar-refractivity contribution in [2.75, 3.05) is 13.2 Å². The average molecular weight is 519 g/mol. The van der Waals surface area contributed by atoms with Gasteiger partial charge in [0.2, 0.25) is 0 Å². The number of terminal acetylenes is 1. The third kappa shape index (κ3) is 4.02. The fourth-order valence-electron chi connectivity index (χ4n) is 5.82. The van der Waals surface area contributed by atoms with Crippen molar-refractivity contribution in [1.82, 2.24) is 0 Å². The molecule has 40 heavy (non-hydrogen) atoms. The van der Waals surface area contributed by atoms with Crippen LogP contribution in [0, 0.1) is 12.3 Å². The van der Waals surface area contributed by atoms with Gasteiger partial charge in [0.15, 0.2) is 0 Å². The number of hydrogen-bond acceptors (Lipinski definition) is 3. The van der Waals surface area contributed by atoms with Crippen LogP contribution in [0.4, 0.5) is 0 Å². The SMILES string of the molecule is C#CCOc1ccc2ccc3c(c2c1)C(c1ccc2ccccc2c1)c1c(ccc2ccc(OCC=C)cc12)O3. The first kappa shape index (κ1) is 23.9. The normalized spacial score (nSPS) is 13.7. The molecular weight excluding hydrogens is 492 g/mol. The minimum absolute atomic E-state index is 0.0895. The Morgan fingerprint density at radius 3 is 1.95 bits per heavy atom. The molecule has 1 atom stereocenters. The largest absolute Gasteiger partial charge is 0.490 e. The predicted octanol–water partition coefficient (Wildman–Crippen LogP) is 9.01. The van der Waals surface area contributed by atoms with Crippen LogP contribution < -0.4 is 14.2 Å². The summed E-state index contributed by atoms with van der Waals surface area (Å²) in [6.45, 7) is 4.46. The van der Waals surface area contributed by atoms with Gasteiger partial charge in [-0.1, -0.05) is 85.3 Å². The van der Waals surface area contributed by atoms with Gasteiger partial charge in [0, 0.05) is 17.0 Å². The highest BCUT2D eigenvalue weighted by Crippen LogP contribution is 2.53. The van der Waals surface area contributed by atoms with Gasteiger partial charge < -0.3 is 14.2 Å². The molecule has 0 N–H and O–H groups in total. The highest BCUT2D eigenvalue weighted by Gasteiger charge is 2.32. The van der Waals surface area contributed by atoms with Crippen molar-refractivity contribution < 1.29 is 14.2 Å². The Bertz CT molecular complexity index is 1980. The van der Waals surface area contributed by atoms with Crippen molar-refractivity contribution in [3.63, 3.8) is 0 Å². The maximum atomic E-state index is 6.64. The molecule has 0 spiro atoms. The van der Waals surface area contributed by atoms with E-state index in [0.29, 0.717) is 6.61 Å². The molecule has 0 saturated heterocycles. The molecule has 192 valence electrons. The standard InChI is InChI=1S/C37H26O3/c1-3-19-38-29-15-11-25-13-17-33-36(31(25)22-29)35(28-10-9-24-7-5-6-8-27(24)21-28)37-32-23-30(39-20-4-2)16-12-26(32)14-18-34(37)40-33/h1,4-18,21-23,35H,2,19-20H2. The van der Waals surface area contributed by atoms with Crippen molar-refractivity contribution in [2.24, 2.45) is 0 Å². The maximum absolute atomic E-state index is 6.64. The van der Waals surface area contributed by atoms with E-state index in [1.54, 1.807) is 6.08 Å². The minimum Gasteiger partial charge on any atom is -0.490 e. The van der Waals surface area contributed by atoms with E-state index in [2.05, 4.69) is 103 Å². The summed E-state index contributed by atoms with van der Waals surface area (Å²) in [6, 6.07) is 35.9. The molecule has 1 aliphatic rings. The Balaban J connectivity index is 1.54. The molecule has 1 aliphatic heterocycles. The lowest BCUT2D eigenvalue weighted by Gasteiger charge is -2.31. The molecule has 1 heterocycles. The summed E-state index contributed by atoms with van der Waals surface area (Å²) >= 11 is 0. The Hall–Kier alpha value is -5.20. The van der Waals surface area contributed by atoms with Crippen LogP contribution in [0.15, 0.2) is 116 Å². The first-order chi connectivity index (χ1) is 19.7. The molecule has 0 amide bonds. The second kappa shape index (κ2) is 9.84. The molecule has 0 aliphatic carbocycles. The van der Waals surface area contributed by atoms with Crippen LogP contribution >= 0.6 is 0 Å². The van der Waals surface area contributed by atoms with E-state index in [9.17, 15) is 0 Å². The molecule has 6 aromatic carbocycles. The second-order valence-electron chi connectivity index (χ2n) is 9.95. The van der Waals surface area contributed by atoms with Gasteiger partial charge in [0.25, 0.3) is 0 Å². The fourth-order valence-corrected chi connectivity index (χ4v) is 5.82. The van der Waals surface area contributed by atoms with Gasteiger partial charge in [-0.25, -0.2) is 0 Å². The van der Waals surface area contributed by atoms with E-state index < -0.39 is 0 Å². The molecule has 3 nitrogen and oxygen atoms in total. The molecule has 0 saturated carbocycles. The Labute approximate surface area is 233 Å². The topological polar surface area (TPSA) is 27.7 Å². The fraction of sp³-hybridized carbons (Fsp3) is 0.0811. The van der Waals surface area contributed by atoms with E-state index in [4.69, 9.17) is 20.6 Å². The molecule has 1 unspecified atom stereocenters. The van der Waals surface area contributed by atoms with Crippen molar-refractivity contribution in [3.05, 3.63) is 132 Å². The van der Waals surface area contributed by atoms with Crippen LogP contribution in [0.2, 0.25) is 0 Å². The maximum Gasteiger partial charge on any atom is 0.148 e. The molecule has 3 heteroatoms. The number of hydrogen-bond donors (Lipinski definition) is 0. The molecule has 7 rings (SSSR count). The van der Waals surface area contributed by atoms with Gasteiger partial charge in [-0.05, 0) is 74.3 Å². The lowest BCUT2D eigenvalue weighted by molar-refractivity contribution is 0.363. The van der Waals surface area contributed by atoms with Gasteiger partial charge in [0.05, 0.1) is 0 Å². The summed E-state index contributed by atoms with van der Waals surface area (Å²) in [7, 11) is 0. The average Bonchev–Trinajstić information content (AvgIpc) is 3.01. The van der Waals surface area contributed by atoms with Crippen LogP contribution in [0.1, 0.15) is 22.6 Å². The van der Waals surface area contributed by atoms with Gasteiger partial charge in [0.1, 0.15) is 36.2 Å². The summed E-state index contributed by atoms with van der Waals surface area (Å²) in [5.41, 5.74) is 3.42. The van der Waals surface area contributed by atoms with E-state index in [1.165, 1.54) is 16.3 Å².